The summed E-state index contributed by atoms with van der Waals surface area (Å²) in [5.41, 5.74) is 6.50. The number of phenols is 1. The van der Waals surface area contributed by atoms with Gasteiger partial charge in [-0.25, -0.2) is 8.78 Å². The topological polar surface area (TPSA) is 29.5 Å². The van der Waals surface area contributed by atoms with Crippen LogP contribution >= 0.6 is 0 Å². The van der Waals surface area contributed by atoms with Crippen molar-refractivity contribution in [1.82, 2.24) is 0 Å². The first kappa shape index (κ1) is 29.4. The maximum atomic E-state index is 13.9. The molecule has 1 saturated carbocycles. The van der Waals surface area contributed by atoms with E-state index in [9.17, 15) is 13.9 Å². The second-order valence-corrected chi connectivity index (χ2v) is 12.1. The molecule has 0 amide bonds. The van der Waals surface area contributed by atoms with E-state index in [1.54, 1.807) is 18.2 Å². The average molecular weight is 559 g/mol. The van der Waals surface area contributed by atoms with Gasteiger partial charge in [0.2, 0.25) is 0 Å². The fourth-order valence-electron chi connectivity index (χ4n) is 6.65. The Morgan fingerprint density at radius 2 is 1.54 bits per heavy atom. The van der Waals surface area contributed by atoms with Crippen molar-refractivity contribution in [2.75, 3.05) is 0 Å². The Hall–Kier alpha value is -3.14. The van der Waals surface area contributed by atoms with Gasteiger partial charge in [-0.15, -0.1) is 0 Å². The molecule has 218 valence electrons. The Morgan fingerprint density at radius 3 is 2.22 bits per heavy atom. The molecule has 0 unspecified atom stereocenters. The van der Waals surface area contributed by atoms with Gasteiger partial charge in [-0.05, 0) is 109 Å². The second kappa shape index (κ2) is 13.2. The van der Waals surface area contributed by atoms with Crippen LogP contribution in [0.3, 0.4) is 0 Å². The van der Waals surface area contributed by atoms with Crippen molar-refractivity contribution in [3.63, 3.8) is 0 Å². The fourth-order valence-corrected chi connectivity index (χ4v) is 6.65. The van der Waals surface area contributed by atoms with Gasteiger partial charge in [0.15, 0.2) is 0 Å². The molecule has 0 radical (unpaired) electrons. The maximum absolute atomic E-state index is 13.9. The molecule has 0 atom stereocenters. The molecule has 1 fully saturated rings. The summed E-state index contributed by atoms with van der Waals surface area (Å²) in [5.74, 6) is -0.851. The van der Waals surface area contributed by atoms with Crippen molar-refractivity contribution >= 4 is 11.1 Å². The molecular weight excluding hydrogens is 514 g/mol. The molecular formula is C37H44F2O2. The highest BCUT2D eigenvalue weighted by molar-refractivity contribution is 6.00. The number of unbranched alkanes of at least 4 members (excludes halogenated alkanes) is 3. The quantitative estimate of drug-likeness (QED) is 0.251. The highest BCUT2D eigenvalue weighted by atomic mass is 19.3. The van der Waals surface area contributed by atoms with Gasteiger partial charge in [0.25, 0.3) is 5.92 Å². The normalized spacial score (nSPS) is 19.5. The van der Waals surface area contributed by atoms with Gasteiger partial charge < -0.3 is 9.84 Å². The number of aryl methyl sites for hydroxylation is 1. The number of aromatic hydroxyl groups is 1. The van der Waals surface area contributed by atoms with Crippen LogP contribution in [0, 0.1) is 5.92 Å². The molecule has 1 N–H and O–H groups in total. The zero-order valence-corrected chi connectivity index (χ0v) is 24.6. The molecule has 3 aromatic rings. The van der Waals surface area contributed by atoms with Crippen LogP contribution in [0.2, 0.25) is 0 Å². The Bertz CT molecular complexity index is 1310. The molecule has 3 aromatic carbocycles. The summed E-state index contributed by atoms with van der Waals surface area (Å²) >= 11 is 0. The van der Waals surface area contributed by atoms with Crippen molar-refractivity contribution in [3.05, 3.63) is 94.5 Å². The highest BCUT2D eigenvalue weighted by Crippen LogP contribution is 2.42. The van der Waals surface area contributed by atoms with Crippen molar-refractivity contribution in [3.8, 4) is 11.5 Å². The molecule has 0 bridgehead atoms. The Labute approximate surface area is 244 Å². The lowest BCUT2D eigenvalue weighted by atomic mass is 9.84. The lowest BCUT2D eigenvalue weighted by molar-refractivity contribution is 0.0175. The predicted octanol–water partition coefficient (Wildman–Crippen LogP) is 10.7. The number of phenolic OH excluding ortho intramolecular Hbond substituents is 1. The summed E-state index contributed by atoms with van der Waals surface area (Å²) in [6, 6.07) is 20.7. The number of alkyl halides is 2. The minimum Gasteiger partial charge on any atom is -0.508 e. The number of ether oxygens (including phenoxy) is 1. The first-order valence-electron chi connectivity index (χ1n) is 15.6. The maximum Gasteiger partial charge on any atom is 0.270 e. The third-order valence-corrected chi connectivity index (χ3v) is 8.98. The molecule has 2 aliphatic carbocycles. The SMILES string of the molecule is CCCCCCC1CCC(Oc2ccc(C3=C(c4ccc(C(C)(F)F)cc4)CCCc4cc(O)ccc43)cc2)CC1. The van der Waals surface area contributed by atoms with E-state index in [1.165, 1.54) is 44.9 Å². The van der Waals surface area contributed by atoms with Crippen LogP contribution in [-0.2, 0) is 12.3 Å². The molecule has 0 heterocycles. The number of allylic oxidation sites excluding steroid dienone is 1. The van der Waals surface area contributed by atoms with Crippen molar-refractivity contribution in [1.29, 1.82) is 0 Å². The largest absolute Gasteiger partial charge is 0.508 e. The second-order valence-electron chi connectivity index (χ2n) is 12.1. The Kier molecular flexibility index (Phi) is 9.47. The standard InChI is InChI=1S/C37H44F2O2/c1-3-4-5-6-8-26-11-20-32(21-12-26)41-33-22-15-28(16-23-33)36-34(27-13-17-30(18-14-27)37(2,38)39)10-7-9-29-25-31(40)19-24-35(29)36/h13-19,22-26,32,40H,3-12,20-21H2,1-2H3. The Morgan fingerprint density at radius 1 is 0.829 bits per heavy atom. The van der Waals surface area contributed by atoms with Crippen LogP contribution in [0.25, 0.3) is 11.1 Å². The summed E-state index contributed by atoms with van der Waals surface area (Å²) in [5, 5.41) is 10.2. The van der Waals surface area contributed by atoms with Gasteiger partial charge in [-0.1, -0.05) is 81.5 Å². The average Bonchev–Trinajstić information content (AvgIpc) is 3.15. The lowest BCUT2D eigenvalue weighted by Gasteiger charge is -2.29. The van der Waals surface area contributed by atoms with Gasteiger partial charge in [0.1, 0.15) is 11.5 Å². The van der Waals surface area contributed by atoms with E-state index in [0.717, 1.165) is 84.1 Å². The van der Waals surface area contributed by atoms with E-state index < -0.39 is 5.92 Å². The van der Waals surface area contributed by atoms with Crippen molar-refractivity contribution < 1.29 is 18.6 Å². The van der Waals surface area contributed by atoms with E-state index in [1.807, 2.05) is 24.3 Å². The minimum atomic E-state index is -2.87. The van der Waals surface area contributed by atoms with Gasteiger partial charge in [-0.2, -0.15) is 0 Å². The van der Waals surface area contributed by atoms with Crippen LogP contribution in [0.1, 0.15) is 112 Å². The molecule has 41 heavy (non-hydrogen) atoms. The summed E-state index contributed by atoms with van der Waals surface area (Å²) in [7, 11) is 0. The van der Waals surface area contributed by atoms with Gasteiger partial charge in [-0.3, -0.25) is 0 Å². The Balaban J connectivity index is 1.37. The third-order valence-electron chi connectivity index (χ3n) is 8.98. The number of hydrogen-bond donors (Lipinski definition) is 1. The van der Waals surface area contributed by atoms with Gasteiger partial charge in [0.05, 0.1) is 6.10 Å². The molecule has 0 aromatic heterocycles. The van der Waals surface area contributed by atoms with Crippen LogP contribution < -0.4 is 4.74 Å². The molecule has 0 spiro atoms. The number of benzene rings is 3. The van der Waals surface area contributed by atoms with E-state index in [0.29, 0.717) is 0 Å². The van der Waals surface area contributed by atoms with Crippen molar-refractivity contribution in [2.24, 2.45) is 5.92 Å². The first-order valence-corrected chi connectivity index (χ1v) is 15.6. The molecule has 4 heteroatoms. The first-order chi connectivity index (χ1) is 19.8. The van der Waals surface area contributed by atoms with E-state index in [-0.39, 0.29) is 17.4 Å². The van der Waals surface area contributed by atoms with Crippen LogP contribution in [0.15, 0.2) is 66.7 Å². The lowest BCUT2D eigenvalue weighted by Crippen LogP contribution is -2.24. The fraction of sp³-hybridized carbons (Fsp3) is 0.459. The monoisotopic (exact) mass is 558 g/mol. The predicted molar refractivity (Wildman–Crippen MR) is 165 cm³/mol. The molecule has 2 nitrogen and oxygen atoms in total. The zero-order chi connectivity index (χ0) is 28.8. The number of halogens is 2. The van der Waals surface area contributed by atoms with E-state index in [2.05, 4.69) is 31.2 Å². The van der Waals surface area contributed by atoms with Crippen LogP contribution in [0.4, 0.5) is 8.78 Å². The molecule has 0 saturated heterocycles. The van der Waals surface area contributed by atoms with Gasteiger partial charge >= 0.3 is 0 Å². The number of rotatable bonds is 10. The highest BCUT2D eigenvalue weighted by Gasteiger charge is 2.26. The van der Waals surface area contributed by atoms with Crippen LogP contribution in [-0.4, -0.2) is 11.2 Å². The summed E-state index contributed by atoms with van der Waals surface area (Å²) in [6.45, 7) is 3.20. The minimum absolute atomic E-state index is 0.0226. The summed E-state index contributed by atoms with van der Waals surface area (Å²) < 4.78 is 34.3. The molecule has 2 aliphatic rings. The third kappa shape index (κ3) is 7.39. The van der Waals surface area contributed by atoms with Crippen molar-refractivity contribution in [2.45, 2.75) is 103 Å². The zero-order valence-electron chi connectivity index (χ0n) is 24.6. The smallest absolute Gasteiger partial charge is 0.270 e. The molecule has 5 rings (SSSR count). The van der Waals surface area contributed by atoms with E-state index in [4.69, 9.17) is 4.74 Å². The summed E-state index contributed by atoms with van der Waals surface area (Å²) in [6.07, 6.45) is 14.4. The number of hydrogen-bond acceptors (Lipinski definition) is 2. The summed E-state index contributed by atoms with van der Waals surface area (Å²) in [4.78, 5) is 0. The number of fused-ring (bicyclic) bond motifs is 1. The van der Waals surface area contributed by atoms with E-state index >= 15 is 0 Å². The molecule has 0 aliphatic heterocycles. The van der Waals surface area contributed by atoms with Crippen LogP contribution in [0.5, 0.6) is 11.5 Å². The van der Waals surface area contributed by atoms with Gasteiger partial charge in [0, 0.05) is 12.5 Å².